The first kappa shape index (κ1) is 23.8. The Morgan fingerprint density at radius 3 is 2.45 bits per heavy atom. The number of hydrogen-bond donors (Lipinski definition) is 2. The van der Waals surface area contributed by atoms with Crippen LogP contribution in [-0.4, -0.2) is 37.0 Å². The van der Waals surface area contributed by atoms with Gasteiger partial charge in [0.1, 0.15) is 11.6 Å². The Morgan fingerprint density at radius 1 is 1.03 bits per heavy atom. The molecule has 174 valence electrons. The lowest BCUT2D eigenvalue weighted by Gasteiger charge is -2.26. The SMILES string of the molecule is CC(C)NC(=O)N(Cc1ccco1)Cc1cc(NC(=O)c2cccc(F)c2)ccc1N(C)C. The molecular weight excluding hydrogens is 423 g/mol. The number of urea groups is 1. The van der Waals surface area contributed by atoms with Gasteiger partial charge in [0.15, 0.2) is 0 Å². The van der Waals surface area contributed by atoms with Crippen molar-refractivity contribution in [2.45, 2.75) is 33.0 Å². The van der Waals surface area contributed by atoms with E-state index in [1.165, 1.54) is 18.2 Å². The molecule has 1 aromatic heterocycles. The zero-order valence-electron chi connectivity index (χ0n) is 19.3. The highest BCUT2D eigenvalue weighted by molar-refractivity contribution is 6.04. The second kappa shape index (κ2) is 10.7. The summed E-state index contributed by atoms with van der Waals surface area (Å²) in [4.78, 5) is 29.1. The minimum Gasteiger partial charge on any atom is -0.467 e. The average molecular weight is 453 g/mol. The Labute approximate surface area is 193 Å². The Morgan fingerprint density at radius 2 is 1.82 bits per heavy atom. The van der Waals surface area contributed by atoms with Gasteiger partial charge in [-0.2, -0.15) is 0 Å². The molecule has 2 N–H and O–H groups in total. The largest absolute Gasteiger partial charge is 0.467 e. The third-order valence-electron chi connectivity index (χ3n) is 4.89. The van der Waals surface area contributed by atoms with Gasteiger partial charge >= 0.3 is 6.03 Å². The Bertz CT molecular complexity index is 1100. The summed E-state index contributed by atoms with van der Waals surface area (Å²) >= 11 is 0. The van der Waals surface area contributed by atoms with E-state index in [0.717, 1.165) is 11.3 Å². The van der Waals surface area contributed by atoms with Crippen molar-refractivity contribution in [1.82, 2.24) is 10.2 Å². The molecule has 0 fully saturated rings. The van der Waals surface area contributed by atoms with Crippen LogP contribution in [0.2, 0.25) is 0 Å². The number of furan rings is 1. The molecule has 0 aliphatic rings. The Kier molecular flexibility index (Phi) is 7.71. The highest BCUT2D eigenvalue weighted by Gasteiger charge is 2.19. The maximum Gasteiger partial charge on any atom is 0.318 e. The van der Waals surface area contributed by atoms with Crippen LogP contribution in [0.15, 0.2) is 65.3 Å². The number of hydrogen-bond acceptors (Lipinski definition) is 4. The molecule has 7 nitrogen and oxygen atoms in total. The van der Waals surface area contributed by atoms with Crippen molar-refractivity contribution in [2.24, 2.45) is 0 Å². The summed E-state index contributed by atoms with van der Waals surface area (Å²) in [5.74, 6) is -0.227. The fraction of sp³-hybridized carbons (Fsp3) is 0.280. The van der Waals surface area contributed by atoms with Crippen molar-refractivity contribution >= 4 is 23.3 Å². The van der Waals surface area contributed by atoms with Crippen molar-refractivity contribution in [3.63, 3.8) is 0 Å². The number of carbonyl (C=O) groups is 2. The third kappa shape index (κ3) is 6.58. The molecule has 2 aromatic carbocycles. The van der Waals surface area contributed by atoms with Crippen LogP contribution in [0.25, 0.3) is 0 Å². The van der Waals surface area contributed by atoms with E-state index in [2.05, 4.69) is 10.6 Å². The van der Waals surface area contributed by atoms with Crippen LogP contribution >= 0.6 is 0 Å². The molecule has 0 spiro atoms. The maximum atomic E-state index is 13.5. The number of rotatable bonds is 8. The van der Waals surface area contributed by atoms with Gasteiger partial charge in [-0.1, -0.05) is 6.07 Å². The van der Waals surface area contributed by atoms with Crippen molar-refractivity contribution in [3.05, 3.63) is 83.6 Å². The molecule has 3 aromatic rings. The molecule has 0 saturated carbocycles. The van der Waals surface area contributed by atoms with E-state index in [1.807, 2.05) is 51.0 Å². The summed E-state index contributed by atoms with van der Waals surface area (Å²) in [7, 11) is 3.82. The van der Waals surface area contributed by atoms with Crippen LogP contribution in [0.5, 0.6) is 0 Å². The summed E-state index contributed by atoms with van der Waals surface area (Å²) in [6.07, 6.45) is 1.57. The van der Waals surface area contributed by atoms with E-state index in [9.17, 15) is 14.0 Å². The number of carbonyl (C=O) groups excluding carboxylic acids is 2. The van der Waals surface area contributed by atoms with Crippen LogP contribution in [0.3, 0.4) is 0 Å². The summed E-state index contributed by atoms with van der Waals surface area (Å²) < 4.78 is 19.0. The van der Waals surface area contributed by atoms with Crippen molar-refractivity contribution in [3.8, 4) is 0 Å². The molecule has 0 aliphatic heterocycles. The minimum atomic E-state index is -0.476. The first-order valence-electron chi connectivity index (χ1n) is 10.7. The summed E-state index contributed by atoms with van der Waals surface area (Å²) in [6, 6.07) is 14.3. The predicted molar refractivity (Wildman–Crippen MR) is 127 cm³/mol. The highest BCUT2D eigenvalue weighted by atomic mass is 19.1. The third-order valence-corrected chi connectivity index (χ3v) is 4.89. The van der Waals surface area contributed by atoms with Gasteiger partial charge < -0.3 is 24.9 Å². The zero-order valence-corrected chi connectivity index (χ0v) is 19.3. The zero-order chi connectivity index (χ0) is 24.0. The van der Waals surface area contributed by atoms with Gasteiger partial charge in [-0.3, -0.25) is 4.79 Å². The van der Waals surface area contributed by atoms with E-state index >= 15 is 0 Å². The Hall–Kier alpha value is -3.81. The van der Waals surface area contributed by atoms with Gasteiger partial charge in [0.2, 0.25) is 0 Å². The molecular formula is C25H29FN4O3. The molecule has 8 heteroatoms. The molecule has 0 bridgehead atoms. The van der Waals surface area contributed by atoms with Crippen LogP contribution in [-0.2, 0) is 13.1 Å². The molecule has 0 radical (unpaired) electrons. The number of nitrogens with one attached hydrogen (secondary N) is 2. The van der Waals surface area contributed by atoms with E-state index < -0.39 is 11.7 Å². The van der Waals surface area contributed by atoms with E-state index in [4.69, 9.17) is 4.42 Å². The molecule has 3 amide bonds. The lowest BCUT2D eigenvalue weighted by Crippen LogP contribution is -2.42. The molecule has 0 unspecified atom stereocenters. The van der Waals surface area contributed by atoms with E-state index in [0.29, 0.717) is 11.4 Å². The number of halogens is 1. The second-order valence-electron chi connectivity index (χ2n) is 8.24. The van der Waals surface area contributed by atoms with Crippen LogP contribution in [0, 0.1) is 5.82 Å². The molecule has 3 rings (SSSR count). The van der Waals surface area contributed by atoms with Gasteiger partial charge in [0.05, 0.1) is 19.4 Å². The predicted octanol–water partition coefficient (Wildman–Crippen LogP) is 4.86. The second-order valence-corrected chi connectivity index (χ2v) is 8.24. The highest BCUT2D eigenvalue weighted by Crippen LogP contribution is 2.26. The monoisotopic (exact) mass is 452 g/mol. The van der Waals surface area contributed by atoms with E-state index in [1.54, 1.807) is 29.4 Å². The smallest absolute Gasteiger partial charge is 0.318 e. The number of nitrogens with zero attached hydrogens (tertiary/aromatic N) is 2. The maximum absolute atomic E-state index is 13.5. The number of anilines is 2. The number of benzene rings is 2. The van der Waals surface area contributed by atoms with Gasteiger partial charge in [0.25, 0.3) is 5.91 Å². The van der Waals surface area contributed by atoms with Crippen molar-refractivity contribution in [2.75, 3.05) is 24.3 Å². The van der Waals surface area contributed by atoms with Crippen LogP contribution < -0.4 is 15.5 Å². The molecule has 0 saturated heterocycles. The Balaban J connectivity index is 1.87. The van der Waals surface area contributed by atoms with Crippen molar-refractivity contribution in [1.29, 1.82) is 0 Å². The summed E-state index contributed by atoms with van der Waals surface area (Å²) in [5, 5.41) is 5.73. The fourth-order valence-electron chi connectivity index (χ4n) is 3.39. The summed E-state index contributed by atoms with van der Waals surface area (Å²) in [5.41, 5.74) is 2.51. The fourth-order valence-corrected chi connectivity index (χ4v) is 3.39. The van der Waals surface area contributed by atoms with Gasteiger partial charge in [-0.25, -0.2) is 9.18 Å². The standard InChI is InChI=1S/C25H29FN4O3/c1-17(2)27-25(32)30(16-22-9-6-12-33-22)15-19-14-21(10-11-23(19)29(3)4)28-24(31)18-7-5-8-20(26)13-18/h5-14,17H,15-16H2,1-4H3,(H,27,32)(H,28,31). The minimum absolute atomic E-state index is 0.0261. The average Bonchev–Trinajstić information content (AvgIpc) is 3.26. The first-order chi connectivity index (χ1) is 15.7. The summed E-state index contributed by atoms with van der Waals surface area (Å²) in [6.45, 7) is 4.38. The molecule has 1 heterocycles. The van der Waals surface area contributed by atoms with Gasteiger partial charge in [-0.05, 0) is 67.9 Å². The molecule has 0 aliphatic carbocycles. The topological polar surface area (TPSA) is 77.8 Å². The van der Waals surface area contributed by atoms with E-state index in [-0.39, 0.29) is 30.7 Å². The lowest BCUT2D eigenvalue weighted by atomic mass is 10.1. The van der Waals surface area contributed by atoms with Gasteiger partial charge in [-0.15, -0.1) is 0 Å². The number of amides is 3. The first-order valence-corrected chi connectivity index (χ1v) is 10.7. The quantitative estimate of drug-likeness (QED) is 0.512. The van der Waals surface area contributed by atoms with Crippen molar-refractivity contribution < 1.29 is 18.4 Å². The lowest BCUT2D eigenvalue weighted by molar-refractivity contribution is 0.102. The molecule has 0 atom stereocenters. The van der Waals surface area contributed by atoms with Crippen LogP contribution in [0.1, 0.15) is 35.5 Å². The van der Waals surface area contributed by atoms with Crippen LogP contribution in [0.4, 0.5) is 20.6 Å². The normalized spacial score (nSPS) is 10.7. The molecule has 33 heavy (non-hydrogen) atoms. The van der Waals surface area contributed by atoms with Gasteiger partial charge in [0, 0.05) is 37.1 Å².